The molecule has 1 N–H and O–H groups in total. The Morgan fingerprint density at radius 1 is 1.42 bits per heavy atom. The molecular weight excluding hydrogens is 326 g/mol. The molecule has 1 aliphatic heterocycles. The van der Waals surface area contributed by atoms with Gasteiger partial charge >= 0.3 is 4.87 Å². The zero-order valence-corrected chi connectivity index (χ0v) is 14.5. The van der Waals surface area contributed by atoms with E-state index in [1.807, 2.05) is 12.3 Å². The zero-order valence-electron chi connectivity index (χ0n) is 13.6. The van der Waals surface area contributed by atoms with Gasteiger partial charge in [-0.3, -0.25) is 9.59 Å². The smallest absolute Gasteiger partial charge is 0.307 e. The number of piperidine rings is 1. The van der Waals surface area contributed by atoms with Crippen molar-refractivity contribution in [2.45, 2.75) is 38.8 Å². The van der Waals surface area contributed by atoms with Crippen molar-refractivity contribution in [1.29, 1.82) is 0 Å². The number of hydrogen-bond donors (Lipinski definition) is 1. The number of nitrogens with zero attached hydrogens (tertiary/aromatic N) is 4. The van der Waals surface area contributed by atoms with Crippen LogP contribution in [0.25, 0.3) is 0 Å². The van der Waals surface area contributed by atoms with E-state index in [9.17, 15) is 9.59 Å². The molecule has 1 saturated heterocycles. The molecule has 24 heavy (non-hydrogen) atoms. The summed E-state index contributed by atoms with van der Waals surface area (Å²) in [5, 5.41) is 4.89. The number of aromatic nitrogens is 3. The van der Waals surface area contributed by atoms with Gasteiger partial charge in [-0.25, -0.2) is 9.97 Å². The van der Waals surface area contributed by atoms with Crippen molar-refractivity contribution in [3.8, 4) is 0 Å². The molecule has 0 unspecified atom stereocenters. The van der Waals surface area contributed by atoms with Gasteiger partial charge in [0.25, 0.3) is 0 Å². The summed E-state index contributed by atoms with van der Waals surface area (Å²) >= 11 is 1.17. The Bertz CT molecular complexity index is 742. The van der Waals surface area contributed by atoms with Gasteiger partial charge in [0.05, 0.1) is 0 Å². The lowest BCUT2D eigenvalue weighted by atomic mass is 10.1. The molecule has 0 bridgehead atoms. The number of hydrogen-bond acceptors (Lipinski definition) is 6. The van der Waals surface area contributed by atoms with E-state index in [1.54, 1.807) is 23.0 Å². The molecular formula is C16H21N5O2S. The van der Waals surface area contributed by atoms with Crippen LogP contribution >= 0.6 is 11.3 Å². The fraction of sp³-hybridized carbons (Fsp3) is 0.500. The predicted octanol–water partition coefficient (Wildman–Crippen LogP) is 1.18. The number of amides is 1. The molecule has 1 atom stereocenters. The number of nitrogens with one attached hydrogen (secondary N) is 1. The van der Waals surface area contributed by atoms with Crippen LogP contribution in [0, 0.1) is 6.92 Å². The van der Waals surface area contributed by atoms with Crippen LogP contribution in [0.3, 0.4) is 0 Å². The predicted molar refractivity (Wildman–Crippen MR) is 93.3 cm³/mol. The Morgan fingerprint density at radius 3 is 2.92 bits per heavy atom. The first-order valence-corrected chi connectivity index (χ1v) is 8.97. The van der Waals surface area contributed by atoms with E-state index in [0.717, 1.165) is 25.1 Å². The minimum Gasteiger partial charge on any atom is -0.352 e. The number of rotatable bonds is 5. The first-order valence-electron chi connectivity index (χ1n) is 8.10. The number of aryl methyl sites for hydroxylation is 1. The Labute approximate surface area is 144 Å². The molecule has 0 radical (unpaired) electrons. The molecule has 0 spiro atoms. The summed E-state index contributed by atoms with van der Waals surface area (Å²) in [6.07, 6.45) is 5.71. The van der Waals surface area contributed by atoms with Crippen molar-refractivity contribution >= 4 is 23.2 Å². The molecule has 2 aromatic rings. The Kier molecular flexibility index (Phi) is 5.24. The lowest BCUT2D eigenvalue weighted by molar-refractivity contribution is -0.122. The highest BCUT2D eigenvalue weighted by atomic mass is 32.1. The lowest BCUT2D eigenvalue weighted by Crippen LogP contribution is -2.48. The van der Waals surface area contributed by atoms with Crippen LogP contribution in [-0.4, -0.2) is 39.6 Å². The number of anilines is 1. The normalized spacial score (nSPS) is 17.7. The Balaban J connectivity index is 1.52. The lowest BCUT2D eigenvalue weighted by Gasteiger charge is -2.33. The summed E-state index contributed by atoms with van der Waals surface area (Å²) in [6.45, 7) is 3.93. The van der Waals surface area contributed by atoms with Crippen LogP contribution in [0.5, 0.6) is 0 Å². The standard InChI is InChI=1S/C16H21N5O2S/c1-12-11-24-16(23)21(12)9-5-14(22)19-13-4-2-8-20(10-13)15-17-6-3-7-18-15/h3,6-7,11,13H,2,4-5,8-10H2,1H3,(H,19,22)/t13-/m1/s1. The van der Waals surface area contributed by atoms with E-state index in [4.69, 9.17) is 0 Å². The maximum absolute atomic E-state index is 12.2. The van der Waals surface area contributed by atoms with Crippen LogP contribution in [-0.2, 0) is 11.3 Å². The fourth-order valence-electron chi connectivity index (χ4n) is 2.92. The maximum Gasteiger partial charge on any atom is 0.307 e. The molecule has 7 nitrogen and oxygen atoms in total. The summed E-state index contributed by atoms with van der Waals surface area (Å²) in [5.74, 6) is 0.685. The summed E-state index contributed by atoms with van der Waals surface area (Å²) in [5.41, 5.74) is 0.905. The molecule has 1 aliphatic rings. The summed E-state index contributed by atoms with van der Waals surface area (Å²) < 4.78 is 1.65. The van der Waals surface area contributed by atoms with Gasteiger partial charge < -0.3 is 14.8 Å². The van der Waals surface area contributed by atoms with Crippen LogP contribution in [0.15, 0.2) is 28.6 Å². The Hall–Kier alpha value is -2.22. The molecule has 1 amide bonds. The molecule has 0 aliphatic carbocycles. The summed E-state index contributed by atoms with van der Waals surface area (Å²) in [6, 6.07) is 1.89. The van der Waals surface area contributed by atoms with E-state index < -0.39 is 0 Å². The van der Waals surface area contributed by atoms with E-state index in [2.05, 4.69) is 20.2 Å². The van der Waals surface area contributed by atoms with Gasteiger partial charge in [-0.15, -0.1) is 0 Å². The fourth-order valence-corrected chi connectivity index (χ4v) is 3.68. The van der Waals surface area contributed by atoms with Crippen molar-refractivity contribution in [3.63, 3.8) is 0 Å². The van der Waals surface area contributed by atoms with Crippen molar-refractivity contribution in [3.05, 3.63) is 39.2 Å². The largest absolute Gasteiger partial charge is 0.352 e. The molecule has 0 aromatic carbocycles. The highest BCUT2D eigenvalue weighted by Crippen LogP contribution is 2.15. The van der Waals surface area contributed by atoms with E-state index in [1.165, 1.54) is 11.3 Å². The van der Waals surface area contributed by atoms with Gasteiger partial charge in [0.1, 0.15) is 0 Å². The van der Waals surface area contributed by atoms with Gasteiger partial charge in [-0.1, -0.05) is 11.3 Å². The highest BCUT2D eigenvalue weighted by molar-refractivity contribution is 7.07. The minimum absolute atomic E-state index is 0.00892. The second kappa shape index (κ2) is 7.57. The minimum atomic E-state index is -0.0201. The first-order chi connectivity index (χ1) is 11.6. The van der Waals surface area contributed by atoms with E-state index >= 15 is 0 Å². The Morgan fingerprint density at radius 2 is 2.21 bits per heavy atom. The van der Waals surface area contributed by atoms with Crippen molar-refractivity contribution < 1.29 is 4.79 Å². The molecule has 128 valence electrons. The number of carbonyl (C=O) groups excluding carboxylic acids is 1. The monoisotopic (exact) mass is 347 g/mol. The van der Waals surface area contributed by atoms with E-state index in [-0.39, 0.29) is 16.8 Å². The third-order valence-electron chi connectivity index (χ3n) is 4.16. The van der Waals surface area contributed by atoms with Crippen molar-refractivity contribution in [1.82, 2.24) is 19.9 Å². The van der Waals surface area contributed by atoms with Crippen LogP contribution < -0.4 is 15.1 Å². The first kappa shape index (κ1) is 16.6. The highest BCUT2D eigenvalue weighted by Gasteiger charge is 2.22. The third-order valence-corrected chi connectivity index (χ3v) is 5.04. The average molecular weight is 347 g/mol. The third kappa shape index (κ3) is 4.00. The number of thiazole rings is 1. The topological polar surface area (TPSA) is 80.1 Å². The van der Waals surface area contributed by atoms with Gasteiger partial charge in [0, 0.05) is 55.6 Å². The van der Waals surface area contributed by atoms with Crippen LogP contribution in [0.4, 0.5) is 5.95 Å². The van der Waals surface area contributed by atoms with Gasteiger partial charge in [-0.05, 0) is 25.8 Å². The van der Waals surface area contributed by atoms with E-state index in [0.29, 0.717) is 25.5 Å². The summed E-state index contributed by atoms with van der Waals surface area (Å²) in [7, 11) is 0. The quantitative estimate of drug-likeness (QED) is 0.879. The zero-order chi connectivity index (χ0) is 16.9. The van der Waals surface area contributed by atoms with Crippen molar-refractivity contribution in [2.24, 2.45) is 0 Å². The van der Waals surface area contributed by atoms with Gasteiger partial charge in [-0.2, -0.15) is 0 Å². The van der Waals surface area contributed by atoms with Crippen molar-refractivity contribution in [2.75, 3.05) is 18.0 Å². The van der Waals surface area contributed by atoms with Crippen LogP contribution in [0.2, 0.25) is 0 Å². The molecule has 1 fully saturated rings. The molecule has 8 heteroatoms. The molecule has 0 saturated carbocycles. The maximum atomic E-state index is 12.2. The van der Waals surface area contributed by atoms with Gasteiger partial charge in [0.2, 0.25) is 11.9 Å². The SMILES string of the molecule is Cc1csc(=O)n1CCC(=O)N[C@@H]1CCCN(c2ncccn2)C1. The summed E-state index contributed by atoms with van der Waals surface area (Å²) in [4.78, 5) is 34.5. The second-order valence-corrected chi connectivity index (χ2v) is 6.77. The average Bonchev–Trinajstić information content (AvgIpc) is 2.92. The second-order valence-electron chi connectivity index (χ2n) is 5.95. The van der Waals surface area contributed by atoms with Gasteiger partial charge in [0.15, 0.2) is 0 Å². The molecule has 3 heterocycles. The molecule has 3 rings (SSSR count). The van der Waals surface area contributed by atoms with Crippen LogP contribution in [0.1, 0.15) is 25.0 Å². The number of carbonyl (C=O) groups is 1. The molecule has 2 aromatic heterocycles.